The molecule has 12 heavy (non-hydrogen) atoms. The smallest absolute Gasteiger partial charge is 0.130 e. The molecule has 68 valence electrons. The van der Waals surface area contributed by atoms with Gasteiger partial charge in [-0.1, -0.05) is 19.1 Å². The predicted octanol–water partition coefficient (Wildman–Crippen LogP) is 2.96. The Morgan fingerprint density at radius 1 is 1.50 bits per heavy atom. The van der Waals surface area contributed by atoms with Crippen LogP contribution in [0.1, 0.15) is 39.5 Å². The van der Waals surface area contributed by atoms with E-state index < -0.39 is 0 Å². The molecule has 1 saturated carbocycles. The summed E-state index contributed by atoms with van der Waals surface area (Å²) in [6.45, 7) is 8.15. The van der Waals surface area contributed by atoms with Crippen LogP contribution in [0.5, 0.6) is 0 Å². The molecule has 0 unspecified atom stereocenters. The van der Waals surface area contributed by atoms with E-state index in [0.717, 1.165) is 30.6 Å². The Labute approximate surface area is 74.9 Å². The SMILES string of the molecule is C=C(C)C1(C=O)CCC(C)CC1. The molecule has 0 amide bonds. The third kappa shape index (κ3) is 1.60. The zero-order valence-electron chi connectivity index (χ0n) is 8.10. The first-order chi connectivity index (χ1) is 5.60. The van der Waals surface area contributed by atoms with Crippen molar-refractivity contribution in [3.8, 4) is 0 Å². The topological polar surface area (TPSA) is 17.1 Å². The standard InChI is InChI=1S/C11H18O/c1-9(2)11(8-12)6-4-10(3)5-7-11/h8,10H,1,4-7H2,2-3H3. The van der Waals surface area contributed by atoms with Gasteiger partial charge in [0, 0.05) is 5.41 Å². The fourth-order valence-corrected chi connectivity index (χ4v) is 1.92. The van der Waals surface area contributed by atoms with Crippen LogP contribution in [-0.4, -0.2) is 6.29 Å². The van der Waals surface area contributed by atoms with E-state index in [1.165, 1.54) is 12.8 Å². The third-order valence-electron chi connectivity index (χ3n) is 3.24. The highest BCUT2D eigenvalue weighted by Gasteiger charge is 2.34. The molecule has 1 aliphatic carbocycles. The average molecular weight is 166 g/mol. The first-order valence-electron chi connectivity index (χ1n) is 4.73. The van der Waals surface area contributed by atoms with Crippen LogP contribution in [0.4, 0.5) is 0 Å². The van der Waals surface area contributed by atoms with Crippen LogP contribution in [-0.2, 0) is 4.79 Å². The molecule has 0 atom stereocenters. The van der Waals surface area contributed by atoms with E-state index in [0.29, 0.717) is 0 Å². The molecule has 0 N–H and O–H groups in total. The Bertz CT molecular complexity index is 185. The zero-order chi connectivity index (χ0) is 9.19. The maximum atomic E-state index is 11.0. The molecule has 0 heterocycles. The van der Waals surface area contributed by atoms with Crippen molar-refractivity contribution < 1.29 is 4.79 Å². The van der Waals surface area contributed by atoms with Gasteiger partial charge in [-0.05, 0) is 38.5 Å². The Morgan fingerprint density at radius 3 is 2.33 bits per heavy atom. The van der Waals surface area contributed by atoms with E-state index in [4.69, 9.17) is 0 Å². The molecule has 1 aliphatic rings. The maximum absolute atomic E-state index is 11.0. The quantitative estimate of drug-likeness (QED) is 0.455. The fourth-order valence-electron chi connectivity index (χ4n) is 1.92. The second-order valence-corrected chi connectivity index (χ2v) is 4.24. The number of carbonyl (C=O) groups excluding carboxylic acids is 1. The van der Waals surface area contributed by atoms with Crippen molar-refractivity contribution in [1.29, 1.82) is 0 Å². The van der Waals surface area contributed by atoms with Gasteiger partial charge in [0.15, 0.2) is 0 Å². The summed E-state index contributed by atoms with van der Waals surface area (Å²) in [5.41, 5.74) is 0.872. The largest absolute Gasteiger partial charge is 0.302 e. The van der Waals surface area contributed by atoms with Crippen LogP contribution in [0.25, 0.3) is 0 Å². The number of hydrogen-bond acceptors (Lipinski definition) is 1. The van der Waals surface area contributed by atoms with E-state index in [9.17, 15) is 4.79 Å². The van der Waals surface area contributed by atoms with Gasteiger partial charge in [-0.25, -0.2) is 0 Å². The lowest BCUT2D eigenvalue weighted by Crippen LogP contribution is -2.29. The summed E-state index contributed by atoms with van der Waals surface area (Å²) in [7, 11) is 0. The Balaban J connectivity index is 2.70. The molecule has 1 nitrogen and oxygen atoms in total. The summed E-state index contributed by atoms with van der Waals surface area (Å²) in [5.74, 6) is 0.789. The van der Waals surface area contributed by atoms with Crippen molar-refractivity contribution in [2.24, 2.45) is 11.3 Å². The number of rotatable bonds is 2. The van der Waals surface area contributed by atoms with Crippen LogP contribution < -0.4 is 0 Å². The highest BCUT2D eigenvalue weighted by Crippen LogP contribution is 2.41. The minimum absolute atomic E-state index is 0.174. The van der Waals surface area contributed by atoms with Crippen LogP contribution in [0.15, 0.2) is 12.2 Å². The van der Waals surface area contributed by atoms with E-state index in [-0.39, 0.29) is 5.41 Å². The van der Waals surface area contributed by atoms with Crippen LogP contribution in [0.2, 0.25) is 0 Å². The molecule has 0 saturated heterocycles. The minimum atomic E-state index is -0.174. The summed E-state index contributed by atoms with van der Waals surface area (Å²) in [6.07, 6.45) is 5.47. The summed E-state index contributed by atoms with van der Waals surface area (Å²) >= 11 is 0. The second kappa shape index (κ2) is 3.42. The fraction of sp³-hybridized carbons (Fsp3) is 0.727. The molecule has 0 aromatic rings. The maximum Gasteiger partial charge on any atom is 0.130 e. The van der Waals surface area contributed by atoms with Crippen LogP contribution in [0, 0.1) is 11.3 Å². The van der Waals surface area contributed by atoms with Gasteiger partial charge >= 0.3 is 0 Å². The van der Waals surface area contributed by atoms with Gasteiger partial charge in [-0.15, -0.1) is 0 Å². The Hall–Kier alpha value is -0.590. The lowest BCUT2D eigenvalue weighted by molar-refractivity contribution is -0.116. The monoisotopic (exact) mass is 166 g/mol. The van der Waals surface area contributed by atoms with E-state index >= 15 is 0 Å². The van der Waals surface area contributed by atoms with Gasteiger partial charge in [0.1, 0.15) is 6.29 Å². The normalized spacial score (nSPS) is 36.0. The van der Waals surface area contributed by atoms with Gasteiger partial charge in [0.05, 0.1) is 0 Å². The van der Waals surface area contributed by atoms with Crippen LogP contribution in [0.3, 0.4) is 0 Å². The van der Waals surface area contributed by atoms with Crippen molar-refractivity contribution in [3.63, 3.8) is 0 Å². The summed E-state index contributed by atoms with van der Waals surface area (Å²) in [6, 6.07) is 0. The van der Waals surface area contributed by atoms with Gasteiger partial charge in [0.2, 0.25) is 0 Å². The lowest BCUT2D eigenvalue weighted by atomic mass is 9.68. The molecule has 0 spiro atoms. The zero-order valence-corrected chi connectivity index (χ0v) is 8.10. The molecule has 0 radical (unpaired) electrons. The average Bonchev–Trinajstić information content (AvgIpc) is 2.06. The van der Waals surface area contributed by atoms with Crippen molar-refractivity contribution >= 4 is 6.29 Å². The third-order valence-corrected chi connectivity index (χ3v) is 3.24. The van der Waals surface area contributed by atoms with Crippen molar-refractivity contribution in [2.45, 2.75) is 39.5 Å². The molecule has 1 heteroatoms. The Morgan fingerprint density at radius 2 is 2.00 bits per heavy atom. The first kappa shape index (κ1) is 9.50. The summed E-state index contributed by atoms with van der Waals surface area (Å²) < 4.78 is 0. The molecular formula is C11H18O. The van der Waals surface area contributed by atoms with E-state index in [1.54, 1.807) is 0 Å². The van der Waals surface area contributed by atoms with Gasteiger partial charge in [-0.2, -0.15) is 0 Å². The lowest BCUT2D eigenvalue weighted by Gasteiger charge is -2.35. The molecular weight excluding hydrogens is 148 g/mol. The van der Waals surface area contributed by atoms with Crippen molar-refractivity contribution in [3.05, 3.63) is 12.2 Å². The van der Waals surface area contributed by atoms with Gasteiger partial charge < -0.3 is 4.79 Å². The number of allylic oxidation sites excluding steroid dienone is 1. The number of carbonyl (C=O) groups is 1. The van der Waals surface area contributed by atoms with Crippen molar-refractivity contribution in [2.75, 3.05) is 0 Å². The second-order valence-electron chi connectivity index (χ2n) is 4.24. The molecule has 0 aromatic carbocycles. The molecule has 0 aromatic heterocycles. The molecule has 0 aliphatic heterocycles. The summed E-state index contributed by atoms with van der Waals surface area (Å²) in [5, 5.41) is 0. The van der Waals surface area contributed by atoms with Crippen LogP contribution >= 0.6 is 0 Å². The first-order valence-corrected chi connectivity index (χ1v) is 4.73. The van der Waals surface area contributed by atoms with Crippen molar-refractivity contribution in [1.82, 2.24) is 0 Å². The molecule has 0 bridgehead atoms. The highest BCUT2D eigenvalue weighted by molar-refractivity contribution is 5.64. The number of hydrogen-bond donors (Lipinski definition) is 0. The van der Waals surface area contributed by atoms with E-state index in [2.05, 4.69) is 13.5 Å². The molecule has 1 fully saturated rings. The number of aldehydes is 1. The molecule has 1 rings (SSSR count). The van der Waals surface area contributed by atoms with E-state index in [1.807, 2.05) is 6.92 Å². The predicted molar refractivity (Wildman–Crippen MR) is 50.9 cm³/mol. The minimum Gasteiger partial charge on any atom is -0.302 e. The van der Waals surface area contributed by atoms with Gasteiger partial charge in [-0.3, -0.25) is 0 Å². The Kier molecular flexibility index (Phi) is 2.71. The highest BCUT2D eigenvalue weighted by atomic mass is 16.1. The summed E-state index contributed by atoms with van der Waals surface area (Å²) in [4.78, 5) is 11.0. The van der Waals surface area contributed by atoms with Gasteiger partial charge in [0.25, 0.3) is 0 Å².